The third kappa shape index (κ3) is 13.0. The zero-order valence-corrected chi connectivity index (χ0v) is 34.5. The fraction of sp³-hybridized carbons (Fsp3) is 0.308. The minimum atomic E-state index is -0.637. The van der Waals surface area contributed by atoms with Crippen molar-refractivity contribution in [3.63, 3.8) is 0 Å². The number of methoxy groups -OCH3 is 1. The SMILES string of the molecule is COc1cc(N=Nc2sc(N(CC(C)O)CC(C)O)n[n+]2Cc2ccccc2)c(NC(C)=O)cc1Nc1ccc(CCc2ccc(C)cc2)cc1.[Br-].[Br-]. The van der Waals surface area contributed by atoms with Gasteiger partial charge in [0.2, 0.25) is 11.0 Å². The normalized spacial score (nSPS) is 12.0. The monoisotopic (exact) mass is 866 g/mol. The van der Waals surface area contributed by atoms with Gasteiger partial charge in [0.25, 0.3) is 0 Å². The predicted molar refractivity (Wildman–Crippen MR) is 203 cm³/mol. The van der Waals surface area contributed by atoms with Crippen molar-refractivity contribution < 1.29 is 58.4 Å². The minimum absolute atomic E-state index is 0. The Morgan fingerprint density at radius 1 is 0.868 bits per heavy atom. The van der Waals surface area contributed by atoms with Gasteiger partial charge in [0.1, 0.15) is 18.0 Å². The number of halogens is 2. The highest BCUT2D eigenvalue weighted by atomic mass is 79.9. The maximum absolute atomic E-state index is 12.3. The predicted octanol–water partition coefficient (Wildman–Crippen LogP) is 1.27. The Morgan fingerprint density at radius 3 is 2.04 bits per heavy atom. The van der Waals surface area contributed by atoms with Gasteiger partial charge in [0, 0.05) is 31.8 Å². The number of nitrogens with zero attached hydrogens (tertiary/aromatic N) is 5. The number of aromatic nitrogens is 2. The molecule has 4 aromatic carbocycles. The summed E-state index contributed by atoms with van der Waals surface area (Å²) in [6, 6.07) is 30.3. The summed E-state index contributed by atoms with van der Waals surface area (Å²) in [5.74, 6) is 0.260. The van der Waals surface area contributed by atoms with Crippen LogP contribution < -0.4 is 58.9 Å². The average molecular weight is 869 g/mol. The molecule has 1 aromatic heterocycles. The summed E-state index contributed by atoms with van der Waals surface area (Å²) in [7, 11) is 1.58. The molecule has 0 aliphatic carbocycles. The molecule has 0 saturated heterocycles. The first-order chi connectivity index (χ1) is 24.6. The number of ether oxygens (including phenoxy) is 1. The first kappa shape index (κ1) is 43.2. The van der Waals surface area contributed by atoms with Crippen molar-refractivity contribution in [2.45, 2.75) is 59.3 Å². The van der Waals surface area contributed by atoms with Crippen LogP contribution in [0.1, 0.15) is 43.0 Å². The summed E-state index contributed by atoms with van der Waals surface area (Å²) < 4.78 is 7.50. The summed E-state index contributed by atoms with van der Waals surface area (Å²) in [4.78, 5) is 14.1. The molecule has 0 bridgehead atoms. The van der Waals surface area contributed by atoms with E-state index in [-0.39, 0.29) is 53.0 Å². The van der Waals surface area contributed by atoms with Crippen LogP contribution in [-0.2, 0) is 24.2 Å². The van der Waals surface area contributed by atoms with Crippen molar-refractivity contribution in [3.8, 4) is 5.75 Å². The number of benzene rings is 4. The fourth-order valence-corrected chi connectivity index (χ4v) is 6.36. The van der Waals surface area contributed by atoms with E-state index in [1.54, 1.807) is 37.8 Å². The molecule has 14 heteroatoms. The first-order valence-corrected chi connectivity index (χ1v) is 17.8. The number of aliphatic hydroxyl groups excluding tert-OH is 2. The lowest BCUT2D eigenvalue weighted by atomic mass is 10.0. The molecular formula is C39H46Br2N7O4S-. The van der Waals surface area contributed by atoms with Gasteiger partial charge in [-0.05, 0) is 85.0 Å². The number of aryl methyl sites for hydroxylation is 3. The van der Waals surface area contributed by atoms with E-state index in [1.165, 1.54) is 35.0 Å². The Balaban J connectivity index is 0.00000378. The van der Waals surface area contributed by atoms with E-state index in [9.17, 15) is 15.0 Å². The highest BCUT2D eigenvalue weighted by Crippen LogP contribution is 2.39. The van der Waals surface area contributed by atoms with Crippen LogP contribution in [0.3, 0.4) is 0 Å². The smallest absolute Gasteiger partial charge is 0.432 e. The van der Waals surface area contributed by atoms with Crippen molar-refractivity contribution in [2.24, 2.45) is 10.2 Å². The number of carbonyl (C=O) groups is 1. The number of carbonyl (C=O) groups excluding carboxylic acids is 1. The van der Waals surface area contributed by atoms with Gasteiger partial charge in [-0.2, -0.15) is 0 Å². The number of nitrogens with one attached hydrogen (secondary N) is 2. The zero-order valence-electron chi connectivity index (χ0n) is 30.5. The Kier molecular flexibility index (Phi) is 17.0. The fourth-order valence-electron chi connectivity index (χ4n) is 5.49. The van der Waals surface area contributed by atoms with Crippen LogP contribution in [0.5, 0.6) is 5.75 Å². The Hall–Kier alpha value is -4.21. The quantitative estimate of drug-likeness (QED) is 0.0868. The number of azo groups is 1. The van der Waals surface area contributed by atoms with Crippen LogP contribution in [0.25, 0.3) is 0 Å². The molecule has 0 aliphatic rings. The molecule has 0 spiro atoms. The van der Waals surface area contributed by atoms with Crippen molar-refractivity contribution >= 4 is 50.3 Å². The second-order valence-corrected chi connectivity index (χ2v) is 13.6. The topological polar surface area (TPSA) is 136 Å². The van der Waals surface area contributed by atoms with Gasteiger partial charge in [-0.3, -0.25) is 4.79 Å². The van der Waals surface area contributed by atoms with Gasteiger partial charge in [0.15, 0.2) is 0 Å². The van der Waals surface area contributed by atoms with Crippen LogP contribution >= 0.6 is 11.3 Å². The molecule has 0 fully saturated rings. The number of hydrogen-bond donors (Lipinski definition) is 4. The van der Waals surface area contributed by atoms with Crippen LogP contribution in [0.4, 0.5) is 33.0 Å². The number of aliphatic hydroxyl groups is 2. The molecule has 0 radical (unpaired) electrons. The van der Waals surface area contributed by atoms with E-state index >= 15 is 0 Å². The number of amides is 1. The molecular weight excluding hydrogens is 822 g/mol. The summed E-state index contributed by atoms with van der Waals surface area (Å²) in [6.45, 7) is 7.93. The Labute approximate surface area is 336 Å². The molecule has 0 saturated carbocycles. The summed E-state index contributed by atoms with van der Waals surface area (Å²) in [6.07, 6.45) is 0.628. The maximum atomic E-state index is 12.3. The molecule has 5 rings (SSSR count). The minimum Gasteiger partial charge on any atom is -1.00 e. The van der Waals surface area contributed by atoms with E-state index in [4.69, 9.17) is 9.84 Å². The average Bonchev–Trinajstić information content (AvgIpc) is 3.50. The van der Waals surface area contributed by atoms with Crippen LogP contribution in [0.2, 0.25) is 0 Å². The van der Waals surface area contributed by atoms with Gasteiger partial charge in [-0.15, -0.1) is 4.68 Å². The maximum Gasteiger partial charge on any atom is 0.432 e. The van der Waals surface area contributed by atoms with E-state index < -0.39 is 12.2 Å². The van der Waals surface area contributed by atoms with E-state index in [0.29, 0.717) is 39.6 Å². The number of hydrogen-bond acceptors (Lipinski definition) is 10. The van der Waals surface area contributed by atoms with Crippen molar-refractivity contribution in [1.82, 2.24) is 5.10 Å². The summed E-state index contributed by atoms with van der Waals surface area (Å²) in [5.41, 5.74) is 7.19. The van der Waals surface area contributed by atoms with E-state index in [1.807, 2.05) is 47.4 Å². The first-order valence-electron chi connectivity index (χ1n) is 16.9. The molecule has 282 valence electrons. The van der Waals surface area contributed by atoms with Gasteiger partial charge in [-0.1, -0.05) is 77.4 Å². The molecule has 0 aliphatic heterocycles. The second-order valence-electron chi connectivity index (χ2n) is 12.7. The molecule has 1 heterocycles. The molecule has 2 unspecified atom stereocenters. The van der Waals surface area contributed by atoms with Gasteiger partial charge in [-0.25, -0.2) is 0 Å². The lowest BCUT2D eigenvalue weighted by molar-refractivity contribution is -0.728. The third-order valence-electron chi connectivity index (χ3n) is 7.95. The Bertz CT molecular complexity index is 1910. The molecule has 1 amide bonds. The Morgan fingerprint density at radius 2 is 1.47 bits per heavy atom. The molecule has 2 atom stereocenters. The zero-order chi connectivity index (χ0) is 36.3. The van der Waals surface area contributed by atoms with Crippen LogP contribution in [-0.4, -0.2) is 53.6 Å². The highest BCUT2D eigenvalue weighted by molar-refractivity contribution is 7.18. The van der Waals surface area contributed by atoms with Crippen molar-refractivity contribution in [1.29, 1.82) is 0 Å². The molecule has 4 N–H and O–H groups in total. The van der Waals surface area contributed by atoms with Crippen molar-refractivity contribution in [3.05, 3.63) is 113 Å². The van der Waals surface area contributed by atoms with Gasteiger partial charge < -0.3 is 64.4 Å². The van der Waals surface area contributed by atoms with Crippen LogP contribution in [0, 0.1) is 6.92 Å². The highest BCUT2D eigenvalue weighted by Gasteiger charge is 2.25. The largest absolute Gasteiger partial charge is 1.00 e. The van der Waals surface area contributed by atoms with E-state index in [0.717, 1.165) is 24.1 Å². The van der Waals surface area contributed by atoms with Gasteiger partial charge >= 0.3 is 5.13 Å². The van der Waals surface area contributed by atoms with Crippen LogP contribution in [0.15, 0.2) is 101 Å². The van der Waals surface area contributed by atoms with E-state index in [2.05, 4.69) is 64.2 Å². The number of anilines is 4. The second kappa shape index (κ2) is 20.9. The van der Waals surface area contributed by atoms with Crippen molar-refractivity contribution in [2.75, 3.05) is 35.7 Å². The number of rotatable bonds is 16. The summed E-state index contributed by atoms with van der Waals surface area (Å²) in [5, 5.41) is 41.7. The third-order valence-corrected chi connectivity index (χ3v) is 8.95. The summed E-state index contributed by atoms with van der Waals surface area (Å²) >= 11 is 1.29. The lowest BCUT2D eigenvalue weighted by Crippen LogP contribution is -3.00. The molecule has 53 heavy (non-hydrogen) atoms. The van der Waals surface area contributed by atoms with Gasteiger partial charge in [0.05, 0.1) is 35.8 Å². The standard InChI is InChI=1S/C39H45N7O4S.2BrH/c1-26-11-13-30(14-12-26)15-16-31-17-19-33(20-18-31)41-36-21-34(40-29(4)49)35(22-37(36)50-5)42-43-38-46(25-32-9-7-6-8-10-32)44-39(51-38)45(23-27(2)47)24-28(3)48;;/h6-14,17-22,27-28,47-48H,15-16,23-25H2,1-5H3,(H,40,41,49);2*1H/p-1. The lowest BCUT2D eigenvalue weighted by Gasteiger charge is -2.23. The molecule has 11 nitrogen and oxygen atoms in total. The molecule has 5 aromatic rings.